The molecule has 1 unspecified atom stereocenters. The molecule has 1 aliphatic heterocycles. The number of fused-ring (bicyclic) bond motifs is 1. The molecule has 0 bridgehead atoms. The first kappa shape index (κ1) is 20.2. The van der Waals surface area contributed by atoms with E-state index in [1.807, 2.05) is 41.4 Å². The molecule has 0 aliphatic carbocycles. The number of hydrazone groups is 1. The van der Waals surface area contributed by atoms with Crippen LogP contribution in [-0.2, 0) is 0 Å². The van der Waals surface area contributed by atoms with E-state index in [9.17, 15) is 10.2 Å². The van der Waals surface area contributed by atoms with Gasteiger partial charge in [0.15, 0.2) is 11.5 Å². The Labute approximate surface area is 189 Å². The minimum atomic E-state index is -0.166. The SMILES string of the molecule is COc1cc(C2CC(c3ccccc3O)=NN2c2cc3ccccc3s2)cc(OC)c1O. The van der Waals surface area contributed by atoms with Crippen LogP contribution in [0.5, 0.6) is 23.0 Å². The predicted octanol–water partition coefficient (Wildman–Crippen LogP) is 5.69. The topological polar surface area (TPSA) is 74.5 Å². The first-order valence-corrected chi connectivity index (χ1v) is 11.0. The third kappa shape index (κ3) is 3.40. The Morgan fingerprint density at radius 1 is 0.938 bits per heavy atom. The van der Waals surface area contributed by atoms with Crippen molar-refractivity contribution < 1.29 is 19.7 Å². The number of thiophene rings is 1. The molecular formula is C25H22N2O4S. The molecule has 0 amide bonds. The second-order valence-electron chi connectivity index (χ2n) is 7.52. The van der Waals surface area contributed by atoms with Gasteiger partial charge < -0.3 is 19.7 Å². The Morgan fingerprint density at radius 3 is 2.31 bits per heavy atom. The summed E-state index contributed by atoms with van der Waals surface area (Å²) in [5.41, 5.74) is 2.39. The fourth-order valence-corrected chi connectivity index (χ4v) is 5.10. The standard InChI is InChI=1S/C25H22N2O4S/c1-30-21-11-16(12-22(31-2)25(21)29)19-14-18(17-8-4-5-9-20(17)28)26-27(19)24-13-15-7-3-6-10-23(15)32-24/h3-13,19,28-29H,14H2,1-2H3. The lowest BCUT2D eigenvalue weighted by Gasteiger charge is -2.23. The van der Waals surface area contributed by atoms with Crippen molar-refractivity contribution in [3.05, 3.63) is 77.9 Å². The van der Waals surface area contributed by atoms with Gasteiger partial charge in [0.05, 0.1) is 26.0 Å². The highest BCUT2D eigenvalue weighted by molar-refractivity contribution is 7.22. The maximum absolute atomic E-state index is 10.4. The molecule has 0 fully saturated rings. The van der Waals surface area contributed by atoms with Gasteiger partial charge in [0, 0.05) is 16.7 Å². The van der Waals surface area contributed by atoms with Gasteiger partial charge >= 0.3 is 0 Å². The van der Waals surface area contributed by atoms with Gasteiger partial charge in [-0.25, -0.2) is 5.01 Å². The monoisotopic (exact) mass is 446 g/mol. The number of methoxy groups -OCH3 is 2. The molecule has 0 radical (unpaired) electrons. The van der Waals surface area contributed by atoms with Gasteiger partial charge in [-0.15, -0.1) is 11.3 Å². The van der Waals surface area contributed by atoms with Gasteiger partial charge in [-0.2, -0.15) is 5.10 Å². The Morgan fingerprint density at radius 2 is 1.62 bits per heavy atom. The van der Waals surface area contributed by atoms with E-state index in [4.69, 9.17) is 14.6 Å². The number of phenolic OH excluding ortho intramolecular Hbond substituents is 2. The van der Waals surface area contributed by atoms with Gasteiger partial charge in [0.1, 0.15) is 10.8 Å². The minimum absolute atomic E-state index is 0.0352. The van der Waals surface area contributed by atoms with Crippen LogP contribution in [0.3, 0.4) is 0 Å². The number of aromatic hydroxyl groups is 2. The van der Waals surface area contributed by atoms with Crippen LogP contribution in [0.4, 0.5) is 5.00 Å². The van der Waals surface area contributed by atoms with Crippen molar-refractivity contribution in [1.82, 2.24) is 0 Å². The van der Waals surface area contributed by atoms with Crippen molar-refractivity contribution in [2.75, 3.05) is 19.2 Å². The van der Waals surface area contributed by atoms with E-state index in [1.54, 1.807) is 23.5 Å². The van der Waals surface area contributed by atoms with Crippen LogP contribution >= 0.6 is 11.3 Å². The molecule has 162 valence electrons. The van der Waals surface area contributed by atoms with Crippen molar-refractivity contribution in [2.24, 2.45) is 5.10 Å². The van der Waals surface area contributed by atoms with Crippen LogP contribution in [0.1, 0.15) is 23.6 Å². The fraction of sp³-hybridized carbons (Fsp3) is 0.160. The van der Waals surface area contributed by atoms with E-state index in [0.29, 0.717) is 23.5 Å². The first-order valence-electron chi connectivity index (χ1n) is 10.2. The number of nitrogens with zero attached hydrogens (tertiary/aromatic N) is 2. The molecule has 0 saturated heterocycles. The molecule has 0 spiro atoms. The van der Waals surface area contributed by atoms with E-state index >= 15 is 0 Å². The number of anilines is 1. The summed E-state index contributed by atoms with van der Waals surface area (Å²) in [5.74, 6) is 0.842. The molecule has 3 aromatic carbocycles. The summed E-state index contributed by atoms with van der Waals surface area (Å²) in [6.07, 6.45) is 0.572. The minimum Gasteiger partial charge on any atom is -0.507 e. The third-order valence-corrected chi connectivity index (χ3v) is 6.76. The number of ether oxygens (including phenoxy) is 2. The van der Waals surface area contributed by atoms with Crippen molar-refractivity contribution in [2.45, 2.75) is 12.5 Å². The highest BCUT2D eigenvalue weighted by Gasteiger charge is 2.33. The summed E-state index contributed by atoms with van der Waals surface area (Å²) in [4.78, 5) is 0. The summed E-state index contributed by atoms with van der Waals surface area (Å²) < 4.78 is 11.9. The van der Waals surface area contributed by atoms with Crippen LogP contribution in [-0.4, -0.2) is 30.1 Å². The van der Waals surface area contributed by atoms with Crippen molar-refractivity contribution in [3.63, 3.8) is 0 Å². The Kier molecular flexibility index (Phi) is 5.11. The van der Waals surface area contributed by atoms with E-state index in [2.05, 4.69) is 18.2 Å². The second-order valence-corrected chi connectivity index (χ2v) is 8.59. The lowest BCUT2D eigenvalue weighted by molar-refractivity contribution is 0.338. The van der Waals surface area contributed by atoms with Crippen LogP contribution < -0.4 is 14.5 Å². The number of hydrogen-bond acceptors (Lipinski definition) is 7. The number of phenols is 2. The van der Waals surface area contributed by atoms with E-state index < -0.39 is 0 Å². The number of benzene rings is 3. The molecule has 5 rings (SSSR count). The number of hydrogen-bond donors (Lipinski definition) is 2. The molecule has 0 saturated carbocycles. The molecule has 2 heterocycles. The van der Waals surface area contributed by atoms with E-state index in [-0.39, 0.29) is 17.5 Å². The summed E-state index contributed by atoms with van der Waals surface area (Å²) in [6.45, 7) is 0. The Balaban J connectivity index is 1.65. The first-order chi connectivity index (χ1) is 15.6. The molecule has 6 nitrogen and oxygen atoms in total. The van der Waals surface area contributed by atoms with Gasteiger partial charge in [-0.1, -0.05) is 30.3 Å². The zero-order valence-electron chi connectivity index (χ0n) is 17.6. The number of rotatable bonds is 5. The summed E-state index contributed by atoms with van der Waals surface area (Å²) in [5, 5.41) is 29.9. The van der Waals surface area contributed by atoms with E-state index in [0.717, 1.165) is 21.7 Å². The zero-order valence-corrected chi connectivity index (χ0v) is 18.5. The lowest BCUT2D eigenvalue weighted by Crippen LogP contribution is -2.17. The molecule has 1 atom stereocenters. The van der Waals surface area contributed by atoms with Crippen LogP contribution in [0.2, 0.25) is 0 Å². The van der Waals surface area contributed by atoms with E-state index in [1.165, 1.54) is 18.9 Å². The zero-order chi connectivity index (χ0) is 22.2. The average molecular weight is 447 g/mol. The maximum atomic E-state index is 10.4. The molecule has 4 aromatic rings. The van der Waals surface area contributed by atoms with Gasteiger partial charge in [0.2, 0.25) is 5.75 Å². The van der Waals surface area contributed by atoms with Crippen molar-refractivity contribution in [1.29, 1.82) is 0 Å². The summed E-state index contributed by atoms with van der Waals surface area (Å²) >= 11 is 1.66. The Bertz CT molecular complexity index is 1270. The predicted molar refractivity (Wildman–Crippen MR) is 128 cm³/mol. The van der Waals surface area contributed by atoms with Gasteiger partial charge in [-0.3, -0.25) is 0 Å². The molecule has 2 N–H and O–H groups in total. The highest BCUT2D eigenvalue weighted by atomic mass is 32.1. The van der Waals surface area contributed by atoms with Crippen LogP contribution in [0.25, 0.3) is 10.1 Å². The molecular weight excluding hydrogens is 424 g/mol. The maximum Gasteiger partial charge on any atom is 0.200 e. The highest BCUT2D eigenvalue weighted by Crippen LogP contribution is 2.46. The largest absolute Gasteiger partial charge is 0.507 e. The summed E-state index contributed by atoms with van der Waals surface area (Å²) in [6, 6.07) is 21.0. The Hall–Kier alpha value is -3.71. The van der Waals surface area contributed by atoms with Crippen LogP contribution in [0.15, 0.2) is 71.8 Å². The normalized spacial score (nSPS) is 15.8. The number of para-hydroxylation sites is 1. The molecule has 7 heteroatoms. The van der Waals surface area contributed by atoms with Gasteiger partial charge in [0.25, 0.3) is 0 Å². The quantitative estimate of drug-likeness (QED) is 0.412. The smallest absolute Gasteiger partial charge is 0.200 e. The molecule has 32 heavy (non-hydrogen) atoms. The van der Waals surface area contributed by atoms with Crippen molar-refractivity contribution in [3.8, 4) is 23.0 Å². The lowest BCUT2D eigenvalue weighted by atomic mass is 9.97. The molecule has 1 aliphatic rings. The fourth-order valence-electron chi connectivity index (χ4n) is 4.04. The molecule has 1 aromatic heterocycles. The average Bonchev–Trinajstić information content (AvgIpc) is 3.44. The van der Waals surface area contributed by atoms with Gasteiger partial charge in [-0.05, 0) is 47.3 Å². The van der Waals surface area contributed by atoms with Crippen LogP contribution in [0, 0.1) is 0 Å². The van der Waals surface area contributed by atoms with Crippen molar-refractivity contribution >= 4 is 32.1 Å². The second kappa shape index (κ2) is 8.09. The third-order valence-electron chi connectivity index (χ3n) is 5.65. The summed E-state index contributed by atoms with van der Waals surface area (Å²) in [7, 11) is 3.03.